The van der Waals surface area contributed by atoms with Crippen molar-refractivity contribution in [1.82, 2.24) is 0 Å². The fourth-order valence-corrected chi connectivity index (χ4v) is 1.88. The third kappa shape index (κ3) is 2.20. The van der Waals surface area contributed by atoms with Gasteiger partial charge in [-0.1, -0.05) is 18.2 Å². The molecule has 2 rings (SSSR count). The molecule has 0 aliphatic carbocycles. The fourth-order valence-electron chi connectivity index (χ4n) is 1.88. The van der Waals surface area contributed by atoms with Crippen LogP contribution in [0.3, 0.4) is 0 Å². The molecule has 0 spiro atoms. The zero-order valence-corrected chi connectivity index (χ0v) is 10.3. The van der Waals surface area contributed by atoms with Crippen LogP contribution in [-0.2, 0) is 0 Å². The molecule has 3 nitrogen and oxygen atoms in total. The Morgan fingerprint density at radius 1 is 0.889 bits per heavy atom. The van der Waals surface area contributed by atoms with Crippen LogP contribution in [0.4, 0.5) is 0 Å². The SMILES string of the molecule is COc1ccccc1-c1cc(C=O)ccc1OC. The highest BCUT2D eigenvalue weighted by molar-refractivity contribution is 5.83. The number of para-hydroxylation sites is 1. The zero-order valence-electron chi connectivity index (χ0n) is 10.3. The predicted molar refractivity (Wildman–Crippen MR) is 70.4 cm³/mol. The van der Waals surface area contributed by atoms with Crippen LogP contribution >= 0.6 is 0 Å². The normalized spacial score (nSPS) is 9.89. The van der Waals surface area contributed by atoms with Gasteiger partial charge in [-0.25, -0.2) is 0 Å². The smallest absolute Gasteiger partial charge is 0.150 e. The van der Waals surface area contributed by atoms with Crippen LogP contribution in [-0.4, -0.2) is 20.5 Å². The number of hydrogen-bond donors (Lipinski definition) is 0. The van der Waals surface area contributed by atoms with Crippen molar-refractivity contribution in [3.8, 4) is 22.6 Å². The largest absolute Gasteiger partial charge is 0.496 e. The Hall–Kier alpha value is -2.29. The summed E-state index contributed by atoms with van der Waals surface area (Å²) < 4.78 is 10.7. The third-order valence-corrected chi connectivity index (χ3v) is 2.76. The van der Waals surface area contributed by atoms with Gasteiger partial charge in [-0.05, 0) is 24.3 Å². The van der Waals surface area contributed by atoms with E-state index in [4.69, 9.17) is 9.47 Å². The van der Waals surface area contributed by atoms with E-state index < -0.39 is 0 Å². The van der Waals surface area contributed by atoms with Crippen molar-refractivity contribution in [2.24, 2.45) is 0 Å². The number of methoxy groups -OCH3 is 2. The molecule has 0 saturated heterocycles. The van der Waals surface area contributed by atoms with Crippen LogP contribution in [0, 0.1) is 0 Å². The number of benzene rings is 2. The summed E-state index contributed by atoms with van der Waals surface area (Å²) >= 11 is 0. The number of carbonyl (C=O) groups is 1. The lowest BCUT2D eigenvalue weighted by Crippen LogP contribution is -1.93. The quantitative estimate of drug-likeness (QED) is 0.772. The number of hydrogen-bond acceptors (Lipinski definition) is 3. The van der Waals surface area contributed by atoms with Crippen molar-refractivity contribution >= 4 is 6.29 Å². The van der Waals surface area contributed by atoms with Gasteiger partial charge in [-0.2, -0.15) is 0 Å². The number of rotatable bonds is 4. The molecule has 0 heterocycles. The monoisotopic (exact) mass is 242 g/mol. The number of aldehydes is 1. The van der Waals surface area contributed by atoms with Crippen molar-refractivity contribution in [1.29, 1.82) is 0 Å². The molecular weight excluding hydrogens is 228 g/mol. The maximum Gasteiger partial charge on any atom is 0.150 e. The molecule has 0 fully saturated rings. The molecule has 92 valence electrons. The molecule has 0 aromatic heterocycles. The van der Waals surface area contributed by atoms with E-state index in [2.05, 4.69) is 0 Å². The minimum Gasteiger partial charge on any atom is -0.496 e. The molecule has 18 heavy (non-hydrogen) atoms. The van der Waals surface area contributed by atoms with Crippen LogP contribution in [0.2, 0.25) is 0 Å². The van der Waals surface area contributed by atoms with Gasteiger partial charge >= 0.3 is 0 Å². The summed E-state index contributed by atoms with van der Waals surface area (Å²) in [4.78, 5) is 10.9. The van der Waals surface area contributed by atoms with E-state index in [1.54, 1.807) is 32.4 Å². The van der Waals surface area contributed by atoms with Crippen molar-refractivity contribution in [2.75, 3.05) is 14.2 Å². The van der Waals surface area contributed by atoms with Crippen molar-refractivity contribution in [2.45, 2.75) is 0 Å². The molecule has 0 unspecified atom stereocenters. The molecule has 0 N–H and O–H groups in total. The molecule has 0 saturated carbocycles. The Kier molecular flexibility index (Phi) is 3.63. The molecule has 0 radical (unpaired) electrons. The summed E-state index contributed by atoms with van der Waals surface area (Å²) in [5.41, 5.74) is 2.36. The molecule has 2 aromatic carbocycles. The average Bonchev–Trinajstić information content (AvgIpc) is 2.46. The van der Waals surface area contributed by atoms with E-state index in [0.29, 0.717) is 11.3 Å². The maximum absolute atomic E-state index is 10.9. The van der Waals surface area contributed by atoms with Crippen LogP contribution in [0.25, 0.3) is 11.1 Å². The van der Waals surface area contributed by atoms with Gasteiger partial charge in [0.25, 0.3) is 0 Å². The Balaban J connectivity index is 2.64. The van der Waals surface area contributed by atoms with E-state index in [1.807, 2.05) is 24.3 Å². The minimum absolute atomic E-state index is 0.608. The van der Waals surface area contributed by atoms with Crippen LogP contribution in [0.5, 0.6) is 11.5 Å². The summed E-state index contributed by atoms with van der Waals surface area (Å²) in [6.45, 7) is 0. The van der Waals surface area contributed by atoms with E-state index in [1.165, 1.54) is 0 Å². The second-order valence-electron chi connectivity index (χ2n) is 3.78. The minimum atomic E-state index is 0.608. The van der Waals surface area contributed by atoms with Gasteiger partial charge < -0.3 is 9.47 Å². The predicted octanol–water partition coefficient (Wildman–Crippen LogP) is 3.18. The Bertz CT molecular complexity index is 561. The van der Waals surface area contributed by atoms with Crippen molar-refractivity contribution in [3.05, 3.63) is 48.0 Å². The lowest BCUT2D eigenvalue weighted by molar-refractivity contribution is 0.112. The van der Waals surface area contributed by atoms with E-state index in [9.17, 15) is 4.79 Å². The van der Waals surface area contributed by atoms with Gasteiger partial charge in [0, 0.05) is 16.7 Å². The van der Waals surface area contributed by atoms with Gasteiger partial charge in [0.15, 0.2) is 0 Å². The molecule has 2 aromatic rings. The highest BCUT2D eigenvalue weighted by atomic mass is 16.5. The second-order valence-corrected chi connectivity index (χ2v) is 3.78. The van der Waals surface area contributed by atoms with Gasteiger partial charge in [0.2, 0.25) is 0 Å². The fraction of sp³-hybridized carbons (Fsp3) is 0.133. The highest BCUT2D eigenvalue weighted by Crippen LogP contribution is 2.36. The van der Waals surface area contributed by atoms with Crippen LogP contribution in [0.15, 0.2) is 42.5 Å². The molecular formula is C15H14O3. The van der Waals surface area contributed by atoms with E-state index in [0.717, 1.165) is 23.2 Å². The summed E-state index contributed by atoms with van der Waals surface area (Å²) in [7, 11) is 3.23. The molecule has 0 bridgehead atoms. The summed E-state index contributed by atoms with van der Waals surface area (Å²) in [6.07, 6.45) is 0.818. The summed E-state index contributed by atoms with van der Waals surface area (Å²) in [6, 6.07) is 12.9. The van der Waals surface area contributed by atoms with Gasteiger partial charge in [0.05, 0.1) is 14.2 Å². The van der Waals surface area contributed by atoms with Gasteiger partial charge in [-0.15, -0.1) is 0 Å². The van der Waals surface area contributed by atoms with Crippen molar-refractivity contribution in [3.63, 3.8) is 0 Å². The molecule has 0 aliphatic heterocycles. The molecule has 3 heteroatoms. The lowest BCUT2D eigenvalue weighted by atomic mass is 10.0. The van der Waals surface area contributed by atoms with E-state index >= 15 is 0 Å². The standard InChI is InChI=1S/C15H14O3/c1-17-14-6-4-3-5-12(14)13-9-11(10-16)7-8-15(13)18-2/h3-10H,1-2H3. The average molecular weight is 242 g/mol. The van der Waals surface area contributed by atoms with E-state index in [-0.39, 0.29) is 0 Å². The molecule has 0 amide bonds. The topological polar surface area (TPSA) is 35.5 Å². The third-order valence-electron chi connectivity index (χ3n) is 2.76. The first-order valence-electron chi connectivity index (χ1n) is 5.56. The second kappa shape index (κ2) is 5.36. The summed E-state index contributed by atoms with van der Waals surface area (Å²) in [5, 5.41) is 0. The Labute approximate surface area is 106 Å². The number of ether oxygens (including phenoxy) is 2. The first-order chi connectivity index (χ1) is 8.80. The highest BCUT2D eigenvalue weighted by Gasteiger charge is 2.11. The van der Waals surface area contributed by atoms with Crippen molar-refractivity contribution < 1.29 is 14.3 Å². The first kappa shape index (κ1) is 12.2. The van der Waals surface area contributed by atoms with Crippen LogP contribution < -0.4 is 9.47 Å². The molecule has 0 atom stereocenters. The summed E-state index contributed by atoms with van der Waals surface area (Å²) in [5.74, 6) is 1.46. The first-order valence-corrected chi connectivity index (χ1v) is 5.56. The van der Waals surface area contributed by atoms with Crippen LogP contribution in [0.1, 0.15) is 10.4 Å². The molecule has 0 aliphatic rings. The lowest BCUT2D eigenvalue weighted by Gasteiger charge is -2.12. The van der Waals surface area contributed by atoms with Gasteiger partial charge in [0.1, 0.15) is 17.8 Å². The van der Waals surface area contributed by atoms with Gasteiger partial charge in [-0.3, -0.25) is 4.79 Å². The Morgan fingerprint density at radius 3 is 2.22 bits per heavy atom. The zero-order chi connectivity index (χ0) is 13.0. The maximum atomic E-state index is 10.9. The number of carbonyl (C=O) groups excluding carboxylic acids is 1. The Morgan fingerprint density at radius 2 is 1.56 bits per heavy atom.